The number of nitrogens with two attached hydrogens (primary N) is 1. The zero-order chi connectivity index (χ0) is 19.9. The summed E-state index contributed by atoms with van der Waals surface area (Å²) in [7, 11) is -4.02. The van der Waals surface area contributed by atoms with Crippen molar-refractivity contribution in [2.45, 2.75) is 11.8 Å². The smallest absolute Gasteiger partial charge is 0.294 e. The van der Waals surface area contributed by atoms with Gasteiger partial charge in [-0.05, 0) is 36.8 Å². The Kier molecular flexibility index (Phi) is 7.65. The summed E-state index contributed by atoms with van der Waals surface area (Å²) in [6, 6.07) is 9.98. The Morgan fingerprint density at radius 3 is 2.35 bits per heavy atom. The number of benzene rings is 2. The first-order valence-electron chi connectivity index (χ1n) is 6.87. The normalized spacial score (nSPS) is 11.0. The van der Waals surface area contributed by atoms with E-state index in [1.807, 2.05) is 6.92 Å². The molecule has 0 heterocycles. The number of rotatable bonds is 3. The summed E-state index contributed by atoms with van der Waals surface area (Å²) < 4.78 is 42.5. The third kappa shape index (κ3) is 7.15. The molecule has 140 valence electrons. The number of guanidine groups is 1. The van der Waals surface area contributed by atoms with Gasteiger partial charge in [-0.2, -0.15) is 13.5 Å². The predicted octanol–water partition coefficient (Wildman–Crippen LogP) is 2.64. The fraction of sp³-hybridized carbons (Fsp3) is 0.0667. The zero-order valence-electron chi connectivity index (χ0n) is 13.5. The molecule has 0 bridgehead atoms. The molecule has 0 saturated carbocycles. The van der Waals surface area contributed by atoms with Crippen LogP contribution in [0.3, 0.4) is 0 Å². The molecule has 0 saturated heterocycles. The van der Waals surface area contributed by atoms with Gasteiger partial charge in [0.2, 0.25) is 5.96 Å². The van der Waals surface area contributed by atoms with Gasteiger partial charge in [-0.1, -0.05) is 35.4 Å². The van der Waals surface area contributed by atoms with Crippen molar-refractivity contribution in [3.05, 3.63) is 64.4 Å². The van der Waals surface area contributed by atoms with E-state index in [1.165, 1.54) is 24.3 Å². The van der Waals surface area contributed by atoms with Gasteiger partial charge in [0, 0.05) is 0 Å². The number of nitrogens with one attached hydrogen (secondary N) is 1. The van der Waals surface area contributed by atoms with Crippen LogP contribution in [0.25, 0.3) is 0 Å². The third-order valence-corrected chi connectivity index (χ3v) is 3.97. The van der Waals surface area contributed by atoms with Crippen LogP contribution < -0.4 is 5.73 Å². The van der Waals surface area contributed by atoms with Crippen molar-refractivity contribution in [1.82, 2.24) is 5.17 Å². The maximum atomic E-state index is 12.9. The maximum absolute atomic E-state index is 12.9. The minimum Gasteiger partial charge on any atom is -0.367 e. The SMILES string of the molecule is Cc1ccc(S(=O)(=O)O)cc1.N=C(N)N(O)/N=C/c1ccc(Cl)c(F)c1. The zero-order valence-corrected chi connectivity index (χ0v) is 15.0. The molecule has 0 aromatic heterocycles. The average Bonchev–Trinajstić information content (AvgIpc) is 2.55. The van der Waals surface area contributed by atoms with Gasteiger partial charge in [0.1, 0.15) is 5.82 Å². The van der Waals surface area contributed by atoms with Gasteiger partial charge in [-0.15, -0.1) is 5.17 Å². The monoisotopic (exact) mass is 402 g/mol. The van der Waals surface area contributed by atoms with Crippen molar-refractivity contribution < 1.29 is 22.6 Å². The topological polar surface area (TPSA) is 140 Å². The average molecular weight is 403 g/mol. The van der Waals surface area contributed by atoms with Gasteiger partial charge in [0.05, 0.1) is 16.1 Å². The fourth-order valence-electron chi connectivity index (χ4n) is 1.49. The Morgan fingerprint density at radius 1 is 1.31 bits per heavy atom. The quantitative estimate of drug-likeness (QED) is 0.269. The molecule has 0 spiro atoms. The Balaban J connectivity index is 0.000000273. The van der Waals surface area contributed by atoms with Crippen LogP contribution in [0.15, 0.2) is 52.5 Å². The summed E-state index contributed by atoms with van der Waals surface area (Å²) in [5.41, 5.74) is 6.25. The second kappa shape index (κ2) is 9.25. The number of hydrazone groups is 1. The molecule has 11 heteroatoms. The van der Waals surface area contributed by atoms with Crippen molar-refractivity contribution in [3.63, 3.8) is 0 Å². The second-order valence-corrected chi connectivity index (χ2v) is 6.71. The van der Waals surface area contributed by atoms with Crippen LogP contribution in [-0.2, 0) is 10.1 Å². The molecule has 2 aromatic carbocycles. The van der Waals surface area contributed by atoms with Crippen molar-refractivity contribution in [2.75, 3.05) is 0 Å². The second-order valence-electron chi connectivity index (χ2n) is 4.88. The molecule has 26 heavy (non-hydrogen) atoms. The molecule has 0 aliphatic carbocycles. The summed E-state index contributed by atoms with van der Waals surface area (Å²) in [6.07, 6.45) is 1.14. The van der Waals surface area contributed by atoms with E-state index in [0.29, 0.717) is 5.56 Å². The van der Waals surface area contributed by atoms with Crippen molar-refractivity contribution in [2.24, 2.45) is 10.8 Å². The van der Waals surface area contributed by atoms with Gasteiger partial charge in [0.15, 0.2) is 0 Å². The maximum Gasteiger partial charge on any atom is 0.294 e. The first-order chi connectivity index (χ1) is 12.0. The van der Waals surface area contributed by atoms with Gasteiger partial charge >= 0.3 is 0 Å². The molecule has 0 unspecified atom stereocenters. The van der Waals surface area contributed by atoms with E-state index in [2.05, 4.69) is 5.10 Å². The Labute approximate surface area is 154 Å². The van der Waals surface area contributed by atoms with E-state index in [-0.39, 0.29) is 15.1 Å². The fourth-order valence-corrected chi connectivity index (χ4v) is 2.08. The molecule has 2 aromatic rings. The van der Waals surface area contributed by atoms with Crippen LogP contribution in [-0.4, -0.2) is 35.5 Å². The number of hydroxylamine groups is 1. The van der Waals surface area contributed by atoms with Crippen molar-refractivity contribution in [3.8, 4) is 0 Å². The van der Waals surface area contributed by atoms with Crippen molar-refractivity contribution >= 4 is 33.9 Å². The van der Waals surface area contributed by atoms with Crippen LogP contribution in [0.4, 0.5) is 4.39 Å². The summed E-state index contributed by atoms with van der Waals surface area (Å²) in [6.45, 7) is 1.84. The summed E-state index contributed by atoms with van der Waals surface area (Å²) in [5.74, 6) is -1.23. The summed E-state index contributed by atoms with van der Waals surface area (Å²) in [5, 5.41) is 19.2. The van der Waals surface area contributed by atoms with Gasteiger partial charge in [0.25, 0.3) is 10.1 Å². The highest BCUT2D eigenvalue weighted by atomic mass is 35.5. The third-order valence-electron chi connectivity index (χ3n) is 2.79. The lowest BCUT2D eigenvalue weighted by Gasteiger charge is -2.05. The van der Waals surface area contributed by atoms with E-state index in [0.717, 1.165) is 17.8 Å². The molecule has 0 aliphatic rings. The molecule has 5 N–H and O–H groups in total. The number of halogens is 2. The van der Waals surface area contributed by atoms with Crippen molar-refractivity contribution in [1.29, 1.82) is 5.41 Å². The van der Waals surface area contributed by atoms with E-state index in [9.17, 15) is 12.8 Å². The molecule has 0 fully saturated rings. The minimum atomic E-state index is -4.02. The number of nitrogens with zero attached hydrogens (tertiary/aromatic N) is 2. The van der Waals surface area contributed by atoms with Crippen LogP contribution in [0.1, 0.15) is 11.1 Å². The van der Waals surface area contributed by atoms with Crippen LogP contribution >= 0.6 is 11.6 Å². The molecule has 0 radical (unpaired) electrons. The highest BCUT2D eigenvalue weighted by Crippen LogP contribution is 2.14. The Bertz CT molecular complexity index is 904. The van der Waals surface area contributed by atoms with E-state index in [1.54, 1.807) is 12.1 Å². The van der Waals surface area contributed by atoms with Gasteiger partial charge < -0.3 is 5.73 Å². The lowest BCUT2D eigenvalue weighted by Crippen LogP contribution is -2.28. The number of hydrogen-bond acceptors (Lipinski definition) is 5. The highest BCUT2D eigenvalue weighted by molar-refractivity contribution is 7.85. The first-order valence-corrected chi connectivity index (χ1v) is 8.68. The molecule has 8 nitrogen and oxygen atoms in total. The predicted molar refractivity (Wildman–Crippen MR) is 95.5 cm³/mol. The largest absolute Gasteiger partial charge is 0.367 e. The van der Waals surface area contributed by atoms with Crippen LogP contribution in [0.2, 0.25) is 5.02 Å². The lowest BCUT2D eigenvalue weighted by atomic mass is 10.2. The molecule has 2 rings (SSSR count). The first kappa shape index (κ1) is 21.5. The van der Waals surface area contributed by atoms with Crippen LogP contribution in [0.5, 0.6) is 0 Å². The van der Waals surface area contributed by atoms with Gasteiger partial charge in [-0.25, -0.2) is 4.39 Å². The van der Waals surface area contributed by atoms with Crippen LogP contribution in [0, 0.1) is 18.2 Å². The minimum absolute atomic E-state index is 0.000396. The Morgan fingerprint density at radius 2 is 1.88 bits per heavy atom. The molecular formula is C15H16ClFN4O4S. The highest BCUT2D eigenvalue weighted by Gasteiger charge is 2.06. The summed E-state index contributed by atoms with van der Waals surface area (Å²) >= 11 is 5.46. The lowest BCUT2D eigenvalue weighted by molar-refractivity contribution is -0.0139. The standard InChI is InChI=1S/C8H8ClFN4O.C7H8O3S/c9-6-2-1-5(3-7(6)10)4-13-14(15)8(11)12;1-6-2-4-7(5-3-6)11(8,9)10/h1-4,15H,(H3,11,12);2-5H,1H3,(H,8,9,10)/b13-4+;. The van der Waals surface area contributed by atoms with E-state index in [4.69, 9.17) is 32.5 Å². The van der Waals surface area contributed by atoms with Gasteiger partial charge in [-0.3, -0.25) is 15.2 Å². The Hall–Kier alpha value is -2.53. The molecule has 0 atom stereocenters. The summed E-state index contributed by atoms with van der Waals surface area (Å²) in [4.78, 5) is -0.0666. The van der Waals surface area contributed by atoms with E-state index < -0.39 is 21.9 Å². The molecular weight excluding hydrogens is 387 g/mol. The van der Waals surface area contributed by atoms with E-state index >= 15 is 0 Å². The molecule has 0 amide bonds. The number of hydrogen-bond donors (Lipinski definition) is 4. The number of aryl methyl sites for hydroxylation is 1. The molecule has 0 aliphatic heterocycles.